The van der Waals surface area contributed by atoms with Gasteiger partial charge in [-0.15, -0.1) is 22.7 Å². The number of benzene rings is 1. The van der Waals surface area contributed by atoms with E-state index in [-0.39, 0.29) is 40.3 Å². The van der Waals surface area contributed by atoms with Gasteiger partial charge in [0, 0.05) is 46.5 Å². The average molecular weight is 536 g/mol. The monoisotopic (exact) mass is 535 g/mol. The maximum absolute atomic E-state index is 14.1. The lowest BCUT2D eigenvalue weighted by molar-refractivity contribution is -0.127. The minimum Gasteiger partial charge on any atom is -0.341 e. The minimum atomic E-state index is -0.447. The van der Waals surface area contributed by atoms with Crippen molar-refractivity contribution in [3.63, 3.8) is 0 Å². The second kappa shape index (κ2) is 10.6. The first-order valence-electron chi connectivity index (χ1n) is 10.6. The molecule has 3 heterocycles. The Hall–Kier alpha value is -2.20. The highest BCUT2D eigenvalue weighted by Gasteiger charge is 2.20. The van der Waals surface area contributed by atoms with E-state index in [0.717, 1.165) is 10.4 Å². The number of nitrogens with zero attached hydrogens (tertiary/aromatic N) is 3. The van der Waals surface area contributed by atoms with Gasteiger partial charge in [0.15, 0.2) is 5.16 Å². The third-order valence-corrected chi connectivity index (χ3v) is 8.29. The van der Waals surface area contributed by atoms with Crippen molar-refractivity contribution in [3.05, 3.63) is 67.8 Å². The van der Waals surface area contributed by atoms with Gasteiger partial charge in [0.2, 0.25) is 5.91 Å². The zero-order valence-corrected chi connectivity index (χ0v) is 22.1. The molecule has 0 N–H and O–H groups in total. The molecule has 1 amide bonds. The lowest BCUT2D eigenvalue weighted by Crippen LogP contribution is -2.29. The van der Waals surface area contributed by atoms with E-state index in [0.29, 0.717) is 21.9 Å². The van der Waals surface area contributed by atoms with Crippen molar-refractivity contribution < 1.29 is 9.18 Å². The van der Waals surface area contributed by atoms with Gasteiger partial charge < -0.3 is 4.90 Å². The predicted molar refractivity (Wildman–Crippen MR) is 141 cm³/mol. The van der Waals surface area contributed by atoms with Crippen LogP contribution in [0.1, 0.15) is 19.4 Å². The van der Waals surface area contributed by atoms with Crippen molar-refractivity contribution in [2.75, 3.05) is 12.8 Å². The highest BCUT2D eigenvalue weighted by molar-refractivity contribution is 7.99. The molecule has 0 fully saturated rings. The standard InChI is InChI=1S/C24H23ClFN3O2S3/c1-14(2)10-29-23(31)21-16(19-8-5-9-32-19)12-33-22(21)27-24(29)34-13-20(30)28(3)11-15-17(25)6-4-7-18(15)26/h4-9,12,14H,10-11,13H2,1-3H3. The van der Waals surface area contributed by atoms with Crippen LogP contribution in [0.15, 0.2) is 51.0 Å². The summed E-state index contributed by atoms with van der Waals surface area (Å²) in [5.74, 6) is -0.360. The zero-order valence-electron chi connectivity index (χ0n) is 18.9. The molecule has 10 heteroatoms. The van der Waals surface area contributed by atoms with E-state index in [1.165, 1.54) is 40.1 Å². The van der Waals surface area contributed by atoms with Crippen LogP contribution in [0.4, 0.5) is 4.39 Å². The molecule has 0 saturated carbocycles. The molecule has 0 aliphatic heterocycles. The molecule has 0 atom stereocenters. The second-order valence-corrected chi connectivity index (χ2v) is 11.4. The van der Waals surface area contributed by atoms with Gasteiger partial charge in [-0.25, -0.2) is 9.37 Å². The third-order valence-electron chi connectivity index (χ3n) is 5.20. The number of carbonyl (C=O) groups excluding carboxylic acids is 1. The van der Waals surface area contributed by atoms with E-state index in [9.17, 15) is 14.0 Å². The van der Waals surface area contributed by atoms with E-state index >= 15 is 0 Å². The number of rotatable bonds is 8. The van der Waals surface area contributed by atoms with Gasteiger partial charge in [0.05, 0.1) is 11.1 Å². The highest BCUT2D eigenvalue weighted by atomic mass is 35.5. The van der Waals surface area contributed by atoms with Gasteiger partial charge in [-0.3, -0.25) is 14.2 Å². The molecular formula is C24H23ClFN3O2S3. The van der Waals surface area contributed by atoms with Crippen LogP contribution in [0.3, 0.4) is 0 Å². The number of hydrogen-bond donors (Lipinski definition) is 0. The number of fused-ring (bicyclic) bond motifs is 1. The molecule has 1 aromatic carbocycles. The fourth-order valence-electron chi connectivity index (χ4n) is 3.50. The fourth-order valence-corrected chi connectivity index (χ4v) is 6.48. The van der Waals surface area contributed by atoms with E-state index in [1.54, 1.807) is 29.0 Å². The number of carbonyl (C=O) groups is 1. The van der Waals surface area contributed by atoms with Crippen molar-refractivity contribution in [1.82, 2.24) is 14.5 Å². The highest BCUT2D eigenvalue weighted by Crippen LogP contribution is 2.34. The maximum Gasteiger partial charge on any atom is 0.263 e. The normalized spacial score (nSPS) is 11.5. The molecule has 0 bridgehead atoms. The van der Waals surface area contributed by atoms with Gasteiger partial charge in [-0.05, 0) is 29.5 Å². The van der Waals surface area contributed by atoms with Crippen LogP contribution in [0.25, 0.3) is 20.7 Å². The average Bonchev–Trinajstić information content (AvgIpc) is 3.46. The summed E-state index contributed by atoms with van der Waals surface area (Å²) in [6, 6.07) is 8.41. The Kier molecular flexibility index (Phi) is 7.77. The van der Waals surface area contributed by atoms with Crippen LogP contribution in [0.2, 0.25) is 5.02 Å². The molecule has 4 aromatic rings. The molecule has 0 saturated heterocycles. The summed E-state index contributed by atoms with van der Waals surface area (Å²) in [4.78, 5) is 34.2. The van der Waals surface area contributed by atoms with E-state index in [2.05, 4.69) is 0 Å². The van der Waals surface area contributed by atoms with Crippen LogP contribution in [0, 0.1) is 11.7 Å². The summed E-state index contributed by atoms with van der Waals surface area (Å²) in [5, 5.41) is 5.37. The lowest BCUT2D eigenvalue weighted by atomic mass is 10.2. The van der Waals surface area contributed by atoms with Crippen molar-refractivity contribution in [3.8, 4) is 10.4 Å². The van der Waals surface area contributed by atoms with Gasteiger partial charge in [-0.1, -0.05) is 49.3 Å². The molecule has 178 valence electrons. The molecule has 0 spiro atoms. The molecule has 5 nitrogen and oxygen atoms in total. The van der Waals surface area contributed by atoms with Crippen LogP contribution in [0.5, 0.6) is 0 Å². The Morgan fingerprint density at radius 3 is 2.74 bits per heavy atom. The Bertz CT molecular complexity index is 1360. The van der Waals surface area contributed by atoms with Crippen molar-refractivity contribution in [2.45, 2.75) is 32.1 Å². The summed E-state index contributed by atoms with van der Waals surface area (Å²) in [5.41, 5.74) is 1.09. The predicted octanol–water partition coefficient (Wildman–Crippen LogP) is 6.39. The molecule has 0 aliphatic rings. The lowest BCUT2D eigenvalue weighted by Gasteiger charge is -2.19. The third kappa shape index (κ3) is 5.22. The quantitative estimate of drug-likeness (QED) is 0.194. The number of amides is 1. The SMILES string of the molecule is CC(C)Cn1c(SCC(=O)N(C)Cc2c(F)cccc2Cl)nc2scc(-c3cccs3)c2c1=O. The number of thiophene rings is 2. The largest absolute Gasteiger partial charge is 0.341 e. The zero-order chi connectivity index (χ0) is 24.4. The van der Waals surface area contributed by atoms with Crippen LogP contribution in [-0.2, 0) is 17.9 Å². The minimum absolute atomic E-state index is 0.0608. The molecule has 34 heavy (non-hydrogen) atoms. The van der Waals surface area contributed by atoms with Crippen molar-refractivity contribution >= 4 is 62.2 Å². The first kappa shape index (κ1) is 24.9. The van der Waals surface area contributed by atoms with Crippen molar-refractivity contribution in [2.24, 2.45) is 5.92 Å². The Morgan fingerprint density at radius 1 is 1.26 bits per heavy atom. The summed E-state index contributed by atoms with van der Waals surface area (Å²) >= 11 is 10.3. The topological polar surface area (TPSA) is 55.2 Å². The maximum atomic E-state index is 14.1. The first-order valence-corrected chi connectivity index (χ1v) is 13.7. The summed E-state index contributed by atoms with van der Waals surface area (Å²) in [6.07, 6.45) is 0. The second-order valence-electron chi connectivity index (χ2n) is 8.25. The van der Waals surface area contributed by atoms with Gasteiger partial charge in [-0.2, -0.15) is 0 Å². The van der Waals surface area contributed by atoms with Crippen LogP contribution >= 0.6 is 46.0 Å². The molecule has 3 aromatic heterocycles. The smallest absolute Gasteiger partial charge is 0.263 e. The Labute approximate surface area is 214 Å². The molecular weight excluding hydrogens is 513 g/mol. The van der Waals surface area contributed by atoms with Gasteiger partial charge >= 0.3 is 0 Å². The van der Waals surface area contributed by atoms with Crippen LogP contribution < -0.4 is 5.56 Å². The summed E-state index contributed by atoms with van der Waals surface area (Å²) in [6.45, 7) is 4.63. The number of aromatic nitrogens is 2. The Morgan fingerprint density at radius 2 is 2.06 bits per heavy atom. The van der Waals surface area contributed by atoms with Crippen molar-refractivity contribution in [1.29, 1.82) is 0 Å². The number of hydrogen-bond acceptors (Lipinski definition) is 6. The molecule has 4 rings (SSSR count). The molecule has 0 aliphatic carbocycles. The summed E-state index contributed by atoms with van der Waals surface area (Å²) < 4.78 is 15.8. The molecule has 0 radical (unpaired) electrons. The van der Waals surface area contributed by atoms with Crippen LogP contribution in [-0.4, -0.2) is 33.2 Å². The Balaban J connectivity index is 1.60. The number of halogens is 2. The van der Waals surface area contributed by atoms with Gasteiger partial charge in [0.1, 0.15) is 10.6 Å². The van der Waals surface area contributed by atoms with E-state index in [1.807, 2.05) is 36.7 Å². The number of thioether (sulfide) groups is 1. The van der Waals surface area contributed by atoms with E-state index in [4.69, 9.17) is 16.6 Å². The fraction of sp³-hybridized carbons (Fsp3) is 0.292. The summed E-state index contributed by atoms with van der Waals surface area (Å²) in [7, 11) is 1.61. The van der Waals surface area contributed by atoms with Gasteiger partial charge in [0.25, 0.3) is 5.56 Å². The first-order chi connectivity index (χ1) is 16.3. The molecule has 0 unspecified atom stereocenters. The van der Waals surface area contributed by atoms with E-state index < -0.39 is 5.82 Å².